The molecule has 0 aliphatic carbocycles. The molecular weight excluding hydrogens is 262 g/mol. The van der Waals surface area contributed by atoms with Crippen molar-refractivity contribution in [2.45, 2.75) is 19.9 Å². The number of carbonyl (C=O) groups excluding carboxylic acids is 1. The second-order valence-electron chi connectivity index (χ2n) is 4.60. The number of para-hydroxylation sites is 1. The molecule has 0 bridgehead atoms. The number of anilines is 2. The zero-order chi connectivity index (χ0) is 15.3. The number of carbonyl (C=O) groups is 1. The van der Waals surface area contributed by atoms with Gasteiger partial charge in [-0.3, -0.25) is 10.1 Å². The second kappa shape index (κ2) is 6.74. The summed E-state index contributed by atoms with van der Waals surface area (Å²) in [5.74, 6) is -0.524. The Kier molecular flexibility index (Phi) is 5.31. The van der Waals surface area contributed by atoms with E-state index in [2.05, 4.69) is 10.6 Å². The predicted molar refractivity (Wildman–Crippen MR) is 76.9 cm³/mol. The van der Waals surface area contributed by atoms with E-state index < -0.39 is 16.9 Å². The highest BCUT2D eigenvalue weighted by Crippen LogP contribution is 2.33. The zero-order valence-corrected chi connectivity index (χ0v) is 12.0. The number of rotatable bonds is 6. The van der Waals surface area contributed by atoms with Crippen molar-refractivity contribution in [3.8, 4) is 0 Å². The Hall–Kier alpha value is -2.31. The summed E-state index contributed by atoms with van der Waals surface area (Å²) in [5, 5.41) is 16.9. The topological polar surface area (TPSA) is 93.5 Å². The van der Waals surface area contributed by atoms with Gasteiger partial charge in [0.25, 0.3) is 0 Å². The van der Waals surface area contributed by atoms with E-state index in [1.807, 2.05) is 13.8 Å². The van der Waals surface area contributed by atoms with E-state index in [0.29, 0.717) is 5.69 Å². The minimum Gasteiger partial charge on any atom is -0.467 e. The molecule has 0 saturated carbocycles. The van der Waals surface area contributed by atoms with Crippen LogP contribution in [0.3, 0.4) is 0 Å². The van der Waals surface area contributed by atoms with Crippen LogP contribution in [0.4, 0.5) is 17.1 Å². The van der Waals surface area contributed by atoms with Gasteiger partial charge in [-0.25, -0.2) is 4.79 Å². The van der Waals surface area contributed by atoms with E-state index in [1.54, 1.807) is 25.2 Å². The summed E-state index contributed by atoms with van der Waals surface area (Å²) in [6.07, 6.45) is 0. The summed E-state index contributed by atoms with van der Waals surface area (Å²) in [5.41, 5.74) is 0.572. The number of ether oxygens (including phenoxy) is 1. The van der Waals surface area contributed by atoms with Crippen LogP contribution in [0, 0.1) is 16.0 Å². The number of nitrogens with zero attached hydrogens (tertiary/aromatic N) is 1. The van der Waals surface area contributed by atoms with Crippen LogP contribution in [0.15, 0.2) is 18.2 Å². The van der Waals surface area contributed by atoms with Gasteiger partial charge in [0, 0.05) is 7.05 Å². The minimum absolute atomic E-state index is 0.0692. The number of nitro groups is 1. The molecule has 0 heterocycles. The van der Waals surface area contributed by atoms with E-state index in [-0.39, 0.29) is 17.3 Å². The molecule has 7 nitrogen and oxygen atoms in total. The molecule has 0 saturated heterocycles. The van der Waals surface area contributed by atoms with Gasteiger partial charge in [0.1, 0.15) is 17.4 Å². The highest BCUT2D eigenvalue weighted by molar-refractivity contribution is 5.83. The van der Waals surface area contributed by atoms with Gasteiger partial charge >= 0.3 is 11.7 Å². The van der Waals surface area contributed by atoms with E-state index in [4.69, 9.17) is 4.74 Å². The molecule has 0 spiro atoms. The predicted octanol–water partition coefficient (Wildman–Crippen LogP) is 2.25. The molecule has 0 aliphatic heterocycles. The van der Waals surface area contributed by atoms with Crippen LogP contribution in [0.5, 0.6) is 0 Å². The third kappa shape index (κ3) is 3.37. The zero-order valence-electron chi connectivity index (χ0n) is 12.0. The van der Waals surface area contributed by atoms with Crippen LogP contribution in [0.2, 0.25) is 0 Å². The molecule has 0 amide bonds. The van der Waals surface area contributed by atoms with E-state index >= 15 is 0 Å². The Bertz CT molecular complexity index is 502. The summed E-state index contributed by atoms with van der Waals surface area (Å²) >= 11 is 0. The van der Waals surface area contributed by atoms with Gasteiger partial charge in [-0.1, -0.05) is 19.9 Å². The molecule has 1 rings (SSSR count). The molecule has 0 aromatic heterocycles. The van der Waals surface area contributed by atoms with E-state index in [9.17, 15) is 14.9 Å². The SMILES string of the molecule is CNc1cccc(NC(C(=O)OC)C(C)C)c1[N+](=O)[O-]. The molecule has 20 heavy (non-hydrogen) atoms. The molecule has 1 atom stereocenters. The lowest BCUT2D eigenvalue weighted by Crippen LogP contribution is -2.35. The molecule has 0 radical (unpaired) electrons. The molecule has 2 N–H and O–H groups in total. The summed E-state index contributed by atoms with van der Waals surface area (Å²) in [6.45, 7) is 3.67. The summed E-state index contributed by atoms with van der Waals surface area (Å²) in [4.78, 5) is 22.4. The fourth-order valence-electron chi connectivity index (χ4n) is 1.85. The number of nitro benzene ring substituents is 1. The van der Waals surface area contributed by atoms with Crippen LogP contribution in [-0.4, -0.2) is 31.1 Å². The van der Waals surface area contributed by atoms with Crippen LogP contribution in [0.25, 0.3) is 0 Å². The van der Waals surface area contributed by atoms with Crippen molar-refractivity contribution in [3.05, 3.63) is 28.3 Å². The van der Waals surface area contributed by atoms with Crippen LogP contribution >= 0.6 is 0 Å². The number of hydrogen-bond acceptors (Lipinski definition) is 6. The molecule has 7 heteroatoms. The molecule has 1 aromatic rings. The summed E-state index contributed by atoms with van der Waals surface area (Å²) < 4.78 is 4.72. The number of benzene rings is 1. The standard InChI is InChI=1S/C13H19N3O4/c1-8(2)11(13(17)20-4)15-10-7-5-6-9(14-3)12(10)16(18)19/h5-8,11,14-15H,1-4H3. The van der Waals surface area contributed by atoms with Crippen molar-refractivity contribution < 1.29 is 14.5 Å². The quantitative estimate of drug-likeness (QED) is 0.472. The fourth-order valence-corrected chi connectivity index (χ4v) is 1.85. The maximum Gasteiger partial charge on any atom is 0.328 e. The third-order valence-electron chi connectivity index (χ3n) is 2.92. The Balaban J connectivity index is 3.19. The van der Waals surface area contributed by atoms with Gasteiger partial charge in [0.15, 0.2) is 0 Å². The van der Waals surface area contributed by atoms with Crippen molar-refractivity contribution in [1.82, 2.24) is 0 Å². The second-order valence-corrected chi connectivity index (χ2v) is 4.60. The fraction of sp³-hybridized carbons (Fsp3) is 0.462. The van der Waals surface area contributed by atoms with Crippen molar-refractivity contribution in [3.63, 3.8) is 0 Å². The molecular formula is C13H19N3O4. The molecule has 1 aromatic carbocycles. The smallest absolute Gasteiger partial charge is 0.328 e. The average molecular weight is 281 g/mol. The highest BCUT2D eigenvalue weighted by atomic mass is 16.6. The third-order valence-corrected chi connectivity index (χ3v) is 2.92. The first kappa shape index (κ1) is 15.7. The van der Waals surface area contributed by atoms with Gasteiger partial charge in [-0.15, -0.1) is 0 Å². The Morgan fingerprint density at radius 1 is 1.35 bits per heavy atom. The molecule has 1 unspecified atom stereocenters. The first-order chi connectivity index (χ1) is 9.42. The molecule has 0 aliphatic rings. The lowest BCUT2D eigenvalue weighted by atomic mass is 10.0. The lowest BCUT2D eigenvalue weighted by molar-refractivity contribution is -0.383. The van der Waals surface area contributed by atoms with Crippen LogP contribution in [0.1, 0.15) is 13.8 Å². The molecule has 0 fully saturated rings. The maximum atomic E-state index is 11.7. The van der Waals surface area contributed by atoms with E-state index in [0.717, 1.165) is 0 Å². The Labute approximate surface area is 117 Å². The van der Waals surface area contributed by atoms with Crippen LogP contribution < -0.4 is 10.6 Å². The molecule has 110 valence electrons. The normalized spacial score (nSPS) is 11.8. The first-order valence-corrected chi connectivity index (χ1v) is 6.21. The van der Waals surface area contributed by atoms with E-state index in [1.165, 1.54) is 7.11 Å². The highest BCUT2D eigenvalue weighted by Gasteiger charge is 2.27. The summed E-state index contributed by atoms with van der Waals surface area (Å²) in [7, 11) is 2.89. The Morgan fingerprint density at radius 2 is 1.95 bits per heavy atom. The van der Waals surface area contributed by atoms with Gasteiger partial charge in [-0.05, 0) is 18.1 Å². The Morgan fingerprint density at radius 3 is 2.40 bits per heavy atom. The number of hydrogen-bond donors (Lipinski definition) is 2. The average Bonchev–Trinajstić information content (AvgIpc) is 2.42. The summed E-state index contributed by atoms with van der Waals surface area (Å²) in [6, 6.07) is 4.20. The first-order valence-electron chi connectivity index (χ1n) is 6.21. The van der Waals surface area contributed by atoms with Crippen molar-refractivity contribution in [2.75, 3.05) is 24.8 Å². The number of esters is 1. The minimum atomic E-state index is -0.647. The number of methoxy groups -OCH3 is 1. The van der Waals surface area contributed by atoms with Crippen molar-refractivity contribution in [1.29, 1.82) is 0 Å². The van der Waals surface area contributed by atoms with Crippen molar-refractivity contribution >= 4 is 23.0 Å². The van der Waals surface area contributed by atoms with Gasteiger partial charge < -0.3 is 15.4 Å². The van der Waals surface area contributed by atoms with Gasteiger partial charge in [0.2, 0.25) is 0 Å². The van der Waals surface area contributed by atoms with Gasteiger partial charge in [-0.2, -0.15) is 0 Å². The number of nitrogens with one attached hydrogen (secondary N) is 2. The van der Waals surface area contributed by atoms with Crippen LogP contribution in [-0.2, 0) is 9.53 Å². The lowest BCUT2D eigenvalue weighted by Gasteiger charge is -2.21. The largest absolute Gasteiger partial charge is 0.467 e. The van der Waals surface area contributed by atoms with Crippen molar-refractivity contribution in [2.24, 2.45) is 5.92 Å². The maximum absolute atomic E-state index is 11.7. The van der Waals surface area contributed by atoms with Gasteiger partial charge in [0.05, 0.1) is 12.0 Å². The monoisotopic (exact) mass is 281 g/mol.